The zero-order valence-electron chi connectivity index (χ0n) is 6.19. The van der Waals surface area contributed by atoms with Crippen molar-refractivity contribution in [3.8, 4) is 0 Å². The molecule has 0 unspecified atom stereocenters. The Bertz CT molecular complexity index is 141. The molecule has 58 valence electrons. The first-order valence-electron chi connectivity index (χ1n) is 3.04. The van der Waals surface area contributed by atoms with Gasteiger partial charge in [0.15, 0.2) is 0 Å². The van der Waals surface area contributed by atoms with Gasteiger partial charge in [-0.05, 0) is 11.5 Å². The van der Waals surface area contributed by atoms with Crippen LogP contribution in [0.25, 0.3) is 0 Å². The highest BCUT2D eigenvalue weighted by Gasteiger charge is 2.02. The second kappa shape index (κ2) is 4.34. The first kappa shape index (κ1) is 9.50. The van der Waals surface area contributed by atoms with Gasteiger partial charge in [0.2, 0.25) is 0 Å². The Labute approximate surface area is 65.8 Å². The zero-order chi connectivity index (χ0) is 8.15. The van der Waals surface area contributed by atoms with Crippen LogP contribution < -0.4 is 0 Å². The quantitative estimate of drug-likeness (QED) is 0.471. The summed E-state index contributed by atoms with van der Waals surface area (Å²) in [6, 6.07) is 0. The first-order valence-corrected chi connectivity index (χ1v) is 3.41. The lowest BCUT2D eigenvalue weighted by molar-refractivity contribution is 0.181. The normalized spacial score (nSPS) is 9.60. The van der Waals surface area contributed by atoms with Crippen LogP contribution in [0, 0.1) is 5.92 Å². The second-order valence-corrected chi connectivity index (χ2v) is 2.65. The highest BCUT2D eigenvalue weighted by atomic mass is 35.5. The molecule has 0 rings (SSSR count). The fraction of sp³-hybridized carbons (Fsp3) is 0.571. The van der Waals surface area contributed by atoms with Gasteiger partial charge in [-0.25, -0.2) is 4.79 Å². The molecule has 0 aliphatic heterocycles. The highest BCUT2D eigenvalue weighted by Crippen LogP contribution is 2.06. The lowest BCUT2D eigenvalue weighted by Gasteiger charge is -2.07. The summed E-state index contributed by atoms with van der Waals surface area (Å²) in [5.41, 5.74) is 0.0933. The van der Waals surface area contributed by atoms with E-state index < -0.39 is 5.43 Å². The summed E-state index contributed by atoms with van der Waals surface area (Å²) >= 11 is 4.92. The van der Waals surface area contributed by atoms with Gasteiger partial charge in [0, 0.05) is 11.6 Å². The molecule has 0 N–H and O–H groups in total. The summed E-state index contributed by atoms with van der Waals surface area (Å²) in [5, 5.41) is 0. The molecule has 0 aromatic heterocycles. The van der Waals surface area contributed by atoms with E-state index in [1.165, 1.54) is 0 Å². The molecule has 0 radical (unpaired) electrons. The average Bonchev–Trinajstić information content (AvgIpc) is 1.82. The molecule has 0 aliphatic carbocycles. The van der Waals surface area contributed by atoms with Crippen molar-refractivity contribution in [2.24, 2.45) is 5.92 Å². The van der Waals surface area contributed by atoms with Crippen LogP contribution in [0.5, 0.6) is 0 Å². The maximum Gasteiger partial charge on any atom is 0.404 e. The molecule has 0 fully saturated rings. The van der Waals surface area contributed by atoms with Gasteiger partial charge in [-0.3, -0.25) is 0 Å². The Kier molecular flexibility index (Phi) is 4.12. The molecule has 0 aromatic carbocycles. The Morgan fingerprint density at radius 2 is 2.20 bits per heavy atom. The first-order chi connectivity index (χ1) is 4.54. The number of hydrogen-bond donors (Lipinski definition) is 0. The smallest absolute Gasteiger partial charge is 0.404 e. The van der Waals surface area contributed by atoms with Gasteiger partial charge in [0.25, 0.3) is 0 Å². The second-order valence-electron chi connectivity index (χ2n) is 2.34. The minimum atomic E-state index is -0.776. The van der Waals surface area contributed by atoms with Crippen LogP contribution >= 0.6 is 11.6 Å². The van der Waals surface area contributed by atoms with Crippen LogP contribution in [-0.4, -0.2) is 12.0 Å². The maximum atomic E-state index is 10.1. The van der Waals surface area contributed by atoms with Gasteiger partial charge in [-0.1, -0.05) is 20.4 Å². The van der Waals surface area contributed by atoms with Crippen molar-refractivity contribution in [2.75, 3.05) is 6.61 Å². The summed E-state index contributed by atoms with van der Waals surface area (Å²) in [6.45, 7) is 7.87. The maximum absolute atomic E-state index is 10.1. The average molecular weight is 163 g/mol. The Morgan fingerprint density at radius 3 is 2.50 bits per heavy atom. The molecule has 0 amide bonds. The summed E-state index contributed by atoms with van der Waals surface area (Å²) < 4.78 is 4.49. The van der Waals surface area contributed by atoms with Crippen LogP contribution in [0.2, 0.25) is 0 Å². The molecule has 0 saturated carbocycles. The molecule has 0 aliphatic rings. The van der Waals surface area contributed by atoms with Crippen LogP contribution in [0.15, 0.2) is 12.2 Å². The van der Waals surface area contributed by atoms with Gasteiger partial charge >= 0.3 is 5.43 Å². The summed E-state index contributed by atoms with van der Waals surface area (Å²) in [7, 11) is 0. The molecule has 10 heavy (non-hydrogen) atoms. The van der Waals surface area contributed by atoms with Gasteiger partial charge in [-0.15, -0.1) is 0 Å². The van der Waals surface area contributed by atoms with Gasteiger partial charge in [-0.2, -0.15) is 0 Å². The van der Waals surface area contributed by atoms with Crippen molar-refractivity contribution in [3.05, 3.63) is 12.2 Å². The SMILES string of the molecule is C=C(COC(=O)Cl)C(C)C. The minimum absolute atomic E-state index is 0.222. The monoisotopic (exact) mass is 162 g/mol. The Morgan fingerprint density at radius 1 is 1.70 bits per heavy atom. The van der Waals surface area contributed by atoms with Crippen LogP contribution in [0.4, 0.5) is 4.79 Å². The van der Waals surface area contributed by atoms with Crippen molar-refractivity contribution < 1.29 is 9.53 Å². The van der Waals surface area contributed by atoms with Crippen LogP contribution in [0.3, 0.4) is 0 Å². The Balaban J connectivity index is 3.50. The lowest BCUT2D eigenvalue weighted by Crippen LogP contribution is -2.03. The van der Waals surface area contributed by atoms with E-state index in [9.17, 15) is 4.79 Å². The van der Waals surface area contributed by atoms with Crippen molar-refractivity contribution in [3.63, 3.8) is 0 Å². The number of ether oxygens (including phenoxy) is 1. The largest absolute Gasteiger partial charge is 0.449 e. The highest BCUT2D eigenvalue weighted by molar-refractivity contribution is 6.61. The van der Waals surface area contributed by atoms with E-state index >= 15 is 0 Å². The molecular weight excluding hydrogens is 152 g/mol. The fourth-order valence-electron chi connectivity index (χ4n) is 0.316. The van der Waals surface area contributed by atoms with E-state index in [1.54, 1.807) is 0 Å². The van der Waals surface area contributed by atoms with Gasteiger partial charge < -0.3 is 4.74 Å². The minimum Gasteiger partial charge on any atom is -0.449 e. The van der Waals surface area contributed by atoms with Crippen molar-refractivity contribution >= 4 is 17.0 Å². The molecule has 3 heteroatoms. The fourth-order valence-corrected chi connectivity index (χ4v) is 0.371. The third-order valence-electron chi connectivity index (χ3n) is 1.19. The third-order valence-corrected chi connectivity index (χ3v) is 1.30. The lowest BCUT2D eigenvalue weighted by atomic mass is 10.1. The summed E-state index contributed by atoms with van der Waals surface area (Å²) in [4.78, 5) is 10.1. The van der Waals surface area contributed by atoms with Gasteiger partial charge in [0.1, 0.15) is 6.61 Å². The summed E-state index contributed by atoms with van der Waals surface area (Å²) in [5.74, 6) is 0.330. The van der Waals surface area contributed by atoms with Crippen molar-refractivity contribution in [1.29, 1.82) is 0 Å². The topological polar surface area (TPSA) is 26.3 Å². The number of carbonyl (C=O) groups is 1. The van der Waals surface area contributed by atoms with E-state index in [0.717, 1.165) is 5.57 Å². The van der Waals surface area contributed by atoms with E-state index in [-0.39, 0.29) is 6.61 Å². The standard InChI is InChI=1S/C7H11ClO2/c1-5(2)6(3)4-10-7(8)9/h5H,3-4H2,1-2H3. The molecule has 0 saturated heterocycles. The molecule has 0 spiro atoms. The molecular formula is C7H11ClO2. The van der Waals surface area contributed by atoms with Gasteiger partial charge in [0.05, 0.1) is 0 Å². The number of carbonyl (C=O) groups excluding carboxylic acids is 1. The van der Waals surface area contributed by atoms with Crippen LogP contribution in [0.1, 0.15) is 13.8 Å². The van der Waals surface area contributed by atoms with Crippen molar-refractivity contribution in [1.82, 2.24) is 0 Å². The summed E-state index contributed by atoms with van der Waals surface area (Å²) in [6.07, 6.45) is 0. The third kappa shape index (κ3) is 4.39. The van der Waals surface area contributed by atoms with Crippen LogP contribution in [-0.2, 0) is 4.74 Å². The van der Waals surface area contributed by atoms with Crippen molar-refractivity contribution in [2.45, 2.75) is 13.8 Å². The molecule has 0 aromatic rings. The predicted octanol–water partition coefficient (Wildman–Crippen LogP) is 2.57. The van der Waals surface area contributed by atoms with E-state index in [4.69, 9.17) is 11.6 Å². The number of hydrogen-bond acceptors (Lipinski definition) is 2. The number of halogens is 1. The predicted molar refractivity (Wildman–Crippen MR) is 41.2 cm³/mol. The van der Waals surface area contributed by atoms with E-state index in [0.29, 0.717) is 5.92 Å². The molecule has 0 heterocycles. The molecule has 0 atom stereocenters. The zero-order valence-corrected chi connectivity index (χ0v) is 6.94. The van der Waals surface area contributed by atoms with E-state index in [1.807, 2.05) is 13.8 Å². The molecule has 0 bridgehead atoms. The number of rotatable bonds is 3. The molecule has 2 nitrogen and oxygen atoms in total. The van der Waals surface area contributed by atoms with E-state index in [2.05, 4.69) is 11.3 Å². The Hall–Kier alpha value is -0.500.